The van der Waals surface area contributed by atoms with Gasteiger partial charge in [0.15, 0.2) is 0 Å². The quantitative estimate of drug-likeness (QED) is 0.814. The van der Waals surface area contributed by atoms with Gasteiger partial charge in [0.25, 0.3) is 5.91 Å². The standard InChI is InChI=1S/C15H21N3O/c1-11-4-2-3-9-18(11)15(19)12-5-6-13-14(10-12)17-8-7-16-13/h5-6,10-11,16-17H,2-4,7-9H2,1H3. The second-order valence-corrected chi connectivity index (χ2v) is 5.46. The number of hydrogen-bond acceptors (Lipinski definition) is 3. The van der Waals surface area contributed by atoms with E-state index in [1.54, 1.807) is 0 Å². The molecule has 1 fully saturated rings. The van der Waals surface area contributed by atoms with Crippen LogP contribution in [0.15, 0.2) is 18.2 Å². The molecule has 4 heteroatoms. The summed E-state index contributed by atoms with van der Waals surface area (Å²) in [4.78, 5) is 14.6. The van der Waals surface area contributed by atoms with Crippen molar-refractivity contribution in [3.8, 4) is 0 Å². The summed E-state index contributed by atoms with van der Waals surface area (Å²) < 4.78 is 0. The summed E-state index contributed by atoms with van der Waals surface area (Å²) >= 11 is 0. The maximum absolute atomic E-state index is 12.6. The molecule has 0 spiro atoms. The van der Waals surface area contributed by atoms with Crippen LogP contribution in [0.3, 0.4) is 0 Å². The predicted molar refractivity (Wildman–Crippen MR) is 77.8 cm³/mol. The number of carbonyl (C=O) groups is 1. The molecular formula is C15H21N3O. The van der Waals surface area contributed by atoms with Crippen LogP contribution in [0.4, 0.5) is 11.4 Å². The van der Waals surface area contributed by atoms with E-state index in [9.17, 15) is 4.79 Å². The summed E-state index contributed by atoms with van der Waals surface area (Å²) in [5, 5.41) is 6.67. The third kappa shape index (κ3) is 2.39. The lowest BCUT2D eigenvalue weighted by molar-refractivity contribution is 0.0635. The van der Waals surface area contributed by atoms with Crippen LogP contribution in [0.5, 0.6) is 0 Å². The molecule has 3 rings (SSSR count). The second-order valence-electron chi connectivity index (χ2n) is 5.46. The third-order valence-corrected chi connectivity index (χ3v) is 4.09. The summed E-state index contributed by atoms with van der Waals surface area (Å²) in [5.41, 5.74) is 2.93. The van der Waals surface area contributed by atoms with Gasteiger partial charge in [0.2, 0.25) is 0 Å². The lowest BCUT2D eigenvalue weighted by Crippen LogP contribution is -2.42. The molecule has 102 valence electrons. The zero-order chi connectivity index (χ0) is 13.2. The number of amides is 1. The maximum atomic E-state index is 12.6. The SMILES string of the molecule is CC1CCCCN1C(=O)c1ccc2c(c1)NCCN2. The van der Waals surface area contributed by atoms with E-state index in [2.05, 4.69) is 17.6 Å². The minimum absolute atomic E-state index is 0.169. The van der Waals surface area contributed by atoms with Crippen molar-refractivity contribution in [2.75, 3.05) is 30.3 Å². The van der Waals surface area contributed by atoms with Gasteiger partial charge in [-0.3, -0.25) is 4.79 Å². The number of anilines is 2. The average molecular weight is 259 g/mol. The minimum atomic E-state index is 0.169. The Kier molecular flexibility index (Phi) is 3.32. The highest BCUT2D eigenvalue weighted by molar-refractivity contribution is 5.96. The number of carbonyl (C=O) groups excluding carboxylic acids is 1. The Morgan fingerprint density at radius 2 is 2.00 bits per heavy atom. The Bertz CT molecular complexity index is 486. The largest absolute Gasteiger partial charge is 0.382 e. The second kappa shape index (κ2) is 5.11. The van der Waals surface area contributed by atoms with E-state index in [-0.39, 0.29) is 5.91 Å². The summed E-state index contributed by atoms with van der Waals surface area (Å²) in [6.45, 7) is 4.88. The molecule has 2 aliphatic rings. The molecule has 4 nitrogen and oxygen atoms in total. The van der Waals surface area contributed by atoms with E-state index in [0.29, 0.717) is 6.04 Å². The predicted octanol–water partition coefficient (Wildman–Crippen LogP) is 2.54. The van der Waals surface area contributed by atoms with Crippen LogP contribution in [-0.2, 0) is 0 Å². The number of nitrogens with zero attached hydrogens (tertiary/aromatic N) is 1. The molecule has 0 saturated carbocycles. The van der Waals surface area contributed by atoms with Crippen molar-refractivity contribution < 1.29 is 4.79 Å². The first-order chi connectivity index (χ1) is 9.25. The van der Waals surface area contributed by atoms with Crippen molar-refractivity contribution in [2.24, 2.45) is 0 Å². The van der Waals surface area contributed by atoms with Gasteiger partial charge in [-0.15, -0.1) is 0 Å². The van der Waals surface area contributed by atoms with E-state index >= 15 is 0 Å². The number of hydrogen-bond donors (Lipinski definition) is 2. The Labute approximate surface area is 114 Å². The Balaban J connectivity index is 1.83. The Morgan fingerprint density at radius 3 is 2.79 bits per heavy atom. The maximum Gasteiger partial charge on any atom is 0.254 e. The third-order valence-electron chi connectivity index (χ3n) is 4.09. The number of nitrogens with one attached hydrogen (secondary N) is 2. The summed E-state index contributed by atoms with van der Waals surface area (Å²) in [5.74, 6) is 0.169. The van der Waals surface area contributed by atoms with Gasteiger partial charge in [0.05, 0.1) is 11.4 Å². The fraction of sp³-hybridized carbons (Fsp3) is 0.533. The smallest absolute Gasteiger partial charge is 0.254 e. The monoisotopic (exact) mass is 259 g/mol. The van der Waals surface area contributed by atoms with Crippen molar-refractivity contribution in [1.29, 1.82) is 0 Å². The zero-order valence-electron chi connectivity index (χ0n) is 11.4. The lowest BCUT2D eigenvalue weighted by atomic mass is 10.0. The van der Waals surface area contributed by atoms with Crippen LogP contribution in [0.2, 0.25) is 0 Å². The van der Waals surface area contributed by atoms with E-state index in [0.717, 1.165) is 49.4 Å². The molecule has 2 aliphatic heterocycles. The van der Waals surface area contributed by atoms with Crippen molar-refractivity contribution in [3.05, 3.63) is 23.8 Å². The van der Waals surface area contributed by atoms with Gasteiger partial charge in [0.1, 0.15) is 0 Å². The first-order valence-corrected chi connectivity index (χ1v) is 7.18. The highest BCUT2D eigenvalue weighted by Gasteiger charge is 2.24. The zero-order valence-corrected chi connectivity index (χ0v) is 11.4. The Morgan fingerprint density at radius 1 is 1.21 bits per heavy atom. The van der Waals surface area contributed by atoms with E-state index in [4.69, 9.17) is 0 Å². The molecule has 0 radical (unpaired) electrons. The van der Waals surface area contributed by atoms with Gasteiger partial charge in [-0.1, -0.05) is 0 Å². The first kappa shape index (κ1) is 12.3. The van der Waals surface area contributed by atoms with Crippen LogP contribution in [-0.4, -0.2) is 36.5 Å². The number of likely N-dealkylation sites (tertiary alicyclic amines) is 1. The topological polar surface area (TPSA) is 44.4 Å². The lowest BCUT2D eigenvalue weighted by Gasteiger charge is -2.33. The summed E-state index contributed by atoms with van der Waals surface area (Å²) in [6.07, 6.45) is 3.48. The highest BCUT2D eigenvalue weighted by Crippen LogP contribution is 2.27. The number of rotatable bonds is 1. The first-order valence-electron chi connectivity index (χ1n) is 7.18. The van der Waals surface area contributed by atoms with Gasteiger partial charge in [-0.05, 0) is 44.4 Å². The van der Waals surface area contributed by atoms with Crippen LogP contribution in [0.1, 0.15) is 36.5 Å². The molecule has 1 atom stereocenters. The number of fused-ring (bicyclic) bond motifs is 1. The summed E-state index contributed by atoms with van der Waals surface area (Å²) in [7, 11) is 0. The number of benzene rings is 1. The van der Waals surface area contributed by atoms with E-state index in [1.165, 1.54) is 6.42 Å². The molecule has 1 unspecified atom stereocenters. The van der Waals surface area contributed by atoms with E-state index in [1.807, 2.05) is 23.1 Å². The van der Waals surface area contributed by atoms with Crippen LogP contribution < -0.4 is 10.6 Å². The molecule has 1 saturated heterocycles. The van der Waals surface area contributed by atoms with Crippen molar-refractivity contribution in [3.63, 3.8) is 0 Å². The van der Waals surface area contributed by atoms with Gasteiger partial charge in [-0.25, -0.2) is 0 Å². The van der Waals surface area contributed by atoms with Crippen LogP contribution >= 0.6 is 0 Å². The number of piperidine rings is 1. The normalized spacial score (nSPS) is 22.2. The summed E-state index contributed by atoms with van der Waals surface area (Å²) in [6, 6.07) is 6.28. The molecule has 19 heavy (non-hydrogen) atoms. The van der Waals surface area contributed by atoms with Gasteiger partial charge in [-0.2, -0.15) is 0 Å². The van der Waals surface area contributed by atoms with Crippen molar-refractivity contribution >= 4 is 17.3 Å². The fourth-order valence-corrected chi connectivity index (χ4v) is 2.94. The Hall–Kier alpha value is -1.71. The van der Waals surface area contributed by atoms with E-state index < -0.39 is 0 Å². The molecular weight excluding hydrogens is 238 g/mol. The molecule has 0 aromatic heterocycles. The van der Waals surface area contributed by atoms with Crippen LogP contribution in [0, 0.1) is 0 Å². The van der Waals surface area contributed by atoms with Crippen molar-refractivity contribution in [2.45, 2.75) is 32.2 Å². The highest BCUT2D eigenvalue weighted by atomic mass is 16.2. The molecule has 2 heterocycles. The average Bonchev–Trinajstić information content (AvgIpc) is 2.46. The fourth-order valence-electron chi connectivity index (χ4n) is 2.94. The molecule has 2 N–H and O–H groups in total. The molecule has 0 aliphatic carbocycles. The minimum Gasteiger partial charge on any atom is -0.382 e. The van der Waals surface area contributed by atoms with Crippen LogP contribution in [0.25, 0.3) is 0 Å². The molecule has 1 aromatic rings. The van der Waals surface area contributed by atoms with Gasteiger partial charge < -0.3 is 15.5 Å². The van der Waals surface area contributed by atoms with Gasteiger partial charge >= 0.3 is 0 Å². The molecule has 0 bridgehead atoms. The molecule has 1 aromatic carbocycles. The van der Waals surface area contributed by atoms with Crippen molar-refractivity contribution in [1.82, 2.24) is 4.90 Å². The molecule has 1 amide bonds. The van der Waals surface area contributed by atoms with Gasteiger partial charge in [0, 0.05) is 31.2 Å².